The van der Waals surface area contributed by atoms with Gasteiger partial charge in [-0.1, -0.05) is 6.07 Å². The predicted molar refractivity (Wildman–Crippen MR) is 110 cm³/mol. The third-order valence-corrected chi connectivity index (χ3v) is 4.34. The lowest BCUT2D eigenvalue weighted by atomic mass is 10.2. The number of ether oxygens (including phenoxy) is 1. The number of amides is 1. The lowest BCUT2D eigenvalue weighted by Gasteiger charge is -2.34. The summed E-state index contributed by atoms with van der Waals surface area (Å²) in [5.41, 5.74) is 1.05. The molecule has 0 aromatic carbocycles. The van der Waals surface area contributed by atoms with E-state index in [1.165, 1.54) is 0 Å². The largest absolute Gasteiger partial charge is 0.366 e. The molecule has 0 saturated carbocycles. The highest BCUT2D eigenvalue weighted by Crippen LogP contribution is 2.18. The minimum absolute atomic E-state index is 0. The fraction of sp³-hybridized carbons (Fsp3) is 0.625. The van der Waals surface area contributed by atoms with Gasteiger partial charge >= 0.3 is 0 Å². The predicted octanol–water partition coefficient (Wildman–Crippen LogP) is 0.703. The average molecular weight is 429 g/mol. The van der Waals surface area contributed by atoms with Crippen molar-refractivity contribution in [1.82, 2.24) is 20.5 Å². The first-order chi connectivity index (χ1) is 11.2. The van der Waals surface area contributed by atoms with E-state index in [4.69, 9.17) is 4.74 Å². The smallest absolute Gasteiger partial charge is 0.250 e. The number of aromatic nitrogens is 1. The Labute approximate surface area is 173 Å². The van der Waals surface area contributed by atoms with Crippen LogP contribution in [0.2, 0.25) is 0 Å². The van der Waals surface area contributed by atoms with E-state index in [2.05, 4.69) is 32.5 Å². The minimum atomic E-state index is -0.396. The maximum atomic E-state index is 12.2. The van der Waals surface area contributed by atoms with Crippen LogP contribution in [0.15, 0.2) is 18.3 Å². The summed E-state index contributed by atoms with van der Waals surface area (Å²) in [6.07, 6.45) is 1.42. The molecule has 150 valence electrons. The van der Waals surface area contributed by atoms with E-state index in [0.717, 1.165) is 44.1 Å². The Morgan fingerprint density at radius 1 is 1.31 bits per heavy atom. The molecule has 0 spiro atoms. The molecule has 1 atom stereocenters. The molecule has 2 aliphatic heterocycles. The zero-order valence-corrected chi connectivity index (χ0v) is 17.3. The number of nitrogens with one attached hydrogen (secondary N) is 2. The molecule has 26 heavy (non-hydrogen) atoms. The number of likely N-dealkylation sites (N-methyl/N-ethyl adjacent to an activating group) is 1. The molecule has 1 amide bonds. The van der Waals surface area contributed by atoms with E-state index in [0.29, 0.717) is 19.7 Å². The van der Waals surface area contributed by atoms with Gasteiger partial charge in [-0.15, -0.1) is 37.2 Å². The molecule has 1 aromatic rings. The molecular weight excluding hydrogens is 401 g/mol. The fourth-order valence-electron chi connectivity index (χ4n) is 2.90. The molecule has 1 aromatic heterocycles. The molecule has 2 fully saturated rings. The third kappa shape index (κ3) is 6.72. The van der Waals surface area contributed by atoms with E-state index >= 15 is 0 Å². The maximum absolute atomic E-state index is 12.2. The van der Waals surface area contributed by atoms with Crippen LogP contribution < -0.4 is 15.5 Å². The van der Waals surface area contributed by atoms with Crippen LogP contribution in [0.3, 0.4) is 0 Å². The number of rotatable bonds is 4. The van der Waals surface area contributed by atoms with Crippen molar-refractivity contribution >= 4 is 48.9 Å². The van der Waals surface area contributed by atoms with Gasteiger partial charge < -0.3 is 25.2 Å². The number of nitrogens with zero attached hydrogens (tertiary/aromatic N) is 3. The van der Waals surface area contributed by atoms with E-state index in [1.807, 2.05) is 18.3 Å². The Bertz CT molecular complexity index is 538. The summed E-state index contributed by atoms with van der Waals surface area (Å²) < 4.78 is 5.48. The Morgan fingerprint density at radius 2 is 2.04 bits per heavy atom. The number of pyridine rings is 1. The van der Waals surface area contributed by atoms with Crippen molar-refractivity contribution in [1.29, 1.82) is 0 Å². The Morgan fingerprint density at radius 3 is 2.69 bits per heavy atom. The van der Waals surface area contributed by atoms with Crippen molar-refractivity contribution in [2.24, 2.45) is 0 Å². The summed E-state index contributed by atoms with van der Waals surface area (Å²) in [6.45, 7) is 6.43. The molecule has 2 saturated heterocycles. The molecule has 2 N–H and O–H groups in total. The van der Waals surface area contributed by atoms with E-state index in [9.17, 15) is 4.79 Å². The molecule has 7 nitrogen and oxygen atoms in total. The van der Waals surface area contributed by atoms with Crippen molar-refractivity contribution in [2.75, 3.05) is 57.8 Å². The summed E-state index contributed by atoms with van der Waals surface area (Å²) in [4.78, 5) is 21.3. The summed E-state index contributed by atoms with van der Waals surface area (Å²) in [7, 11) is 2.13. The number of hydrogen-bond donors (Lipinski definition) is 2. The fourth-order valence-corrected chi connectivity index (χ4v) is 2.90. The first-order valence-corrected chi connectivity index (χ1v) is 8.21. The van der Waals surface area contributed by atoms with Crippen LogP contribution in [-0.2, 0) is 16.1 Å². The van der Waals surface area contributed by atoms with Crippen LogP contribution in [0, 0.1) is 0 Å². The molecule has 0 bridgehead atoms. The molecular formula is C16H28Cl3N5O2. The molecule has 3 rings (SSSR count). The first-order valence-electron chi connectivity index (χ1n) is 8.21. The van der Waals surface area contributed by atoms with Gasteiger partial charge in [-0.2, -0.15) is 0 Å². The molecule has 3 heterocycles. The Hall–Kier alpha value is -0.830. The molecule has 2 aliphatic rings. The highest BCUT2D eigenvalue weighted by Gasteiger charge is 2.22. The number of piperazine rings is 1. The SMILES string of the molecule is CN1CCN(c2ncccc2CNC(=O)C2CNCCO2)CC1.Cl.Cl.Cl. The second-order valence-corrected chi connectivity index (χ2v) is 6.06. The molecule has 10 heteroatoms. The number of halogens is 3. The summed E-state index contributed by atoms with van der Waals surface area (Å²) in [5, 5.41) is 6.15. The number of hydrogen-bond acceptors (Lipinski definition) is 6. The van der Waals surface area contributed by atoms with Gasteiger partial charge in [-0.25, -0.2) is 4.98 Å². The quantitative estimate of drug-likeness (QED) is 0.736. The second kappa shape index (κ2) is 12.5. The van der Waals surface area contributed by atoms with Crippen molar-refractivity contribution < 1.29 is 9.53 Å². The third-order valence-electron chi connectivity index (χ3n) is 4.34. The van der Waals surface area contributed by atoms with Gasteiger partial charge in [-0.05, 0) is 13.1 Å². The van der Waals surface area contributed by atoms with Crippen LogP contribution in [0.5, 0.6) is 0 Å². The normalized spacial score (nSPS) is 20.2. The van der Waals surface area contributed by atoms with Gasteiger partial charge in [0.15, 0.2) is 0 Å². The van der Waals surface area contributed by atoms with Crippen LogP contribution in [0.1, 0.15) is 5.56 Å². The van der Waals surface area contributed by atoms with Crippen LogP contribution in [-0.4, -0.2) is 74.8 Å². The van der Waals surface area contributed by atoms with Gasteiger partial charge in [0.1, 0.15) is 11.9 Å². The highest BCUT2D eigenvalue weighted by atomic mass is 35.5. The number of morpholine rings is 1. The van der Waals surface area contributed by atoms with Crippen LogP contribution in [0.25, 0.3) is 0 Å². The summed E-state index contributed by atoms with van der Waals surface area (Å²) in [6, 6.07) is 3.95. The summed E-state index contributed by atoms with van der Waals surface area (Å²) in [5.74, 6) is 0.911. The van der Waals surface area contributed by atoms with E-state index in [-0.39, 0.29) is 43.1 Å². The van der Waals surface area contributed by atoms with Crippen molar-refractivity contribution in [3.63, 3.8) is 0 Å². The molecule has 0 radical (unpaired) electrons. The lowest BCUT2D eigenvalue weighted by molar-refractivity contribution is -0.134. The average Bonchev–Trinajstić information content (AvgIpc) is 2.61. The zero-order valence-electron chi connectivity index (χ0n) is 14.8. The monoisotopic (exact) mass is 427 g/mol. The first kappa shape index (κ1) is 25.2. The highest BCUT2D eigenvalue weighted by molar-refractivity contribution is 5.86. The number of carbonyl (C=O) groups excluding carboxylic acids is 1. The van der Waals surface area contributed by atoms with Gasteiger partial charge in [0.25, 0.3) is 5.91 Å². The van der Waals surface area contributed by atoms with Crippen molar-refractivity contribution in [3.8, 4) is 0 Å². The van der Waals surface area contributed by atoms with Gasteiger partial charge in [0.05, 0.1) is 6.61 Å². The van der Waals surface area contributed by atoms with Crippen molar-refractivity contribution in [2.45, 2.75) is 12.6 Å². The van der Waals surface area contributed by atoms with E-state index in [1.54, 1.807) is 0 Å². The Kier molecular flexibility index (Phi) is 12.1. The van der Waals surface area contributed by atoms with Gasteiger partial charge in [0, 0.05) is 57.6 Å². The topological polar surface area (TPSA) is 69.7 Å². The van der Waals surface area contributed by atoms with Crippen LogP contribution in [0.4, 0.5) is 5.82 Å². The number of carbonyl (C=O) groups is 1. The second-order valence-electron chi connectivity index (χ2n) is 6.06. The van der Waals surface area contributed by atoms with Crippen LogP contribution >= 0.6 is 37.2 Å². The standard InChI is InChI=1S/C16H25N5O2.3ClH/c1-20-6-8-21(9-7-20)15-13(3-2-4-18-15)11-19-16(22)14-12-17-5-10-23-14;;;/h2-4,14,17H,5-12H2,1H3,(H,19,22);3*1H. The van der Waals surface area contributed by atoms with Gasteiger partial charge in [0.2, 0.25) is 0 Å². The van der Waals surface area contributed by atoms with Gasteiger partial charge in [-0.3, -0.25) is 4.79 Å². The zero-order chi connectivity index (χ0) is 16.1. The molecule has 0 aliphatic carbocycles. The molecule has 1 unspecified atom stereocenters. The Balaban J connectivity index is 0.00000208. The minimum Gasteiger partial charge on any atom is -0.366 e. The van der Waals surface area contributed by atoms with E-state index < -0.39 is 6.10 Å². The maximum Gasteiger partial charge on any atom is 0.250 e. The lowest BCUT2D eigenvalue weighted by Crippen LogP contribution is -2.48. The summed E-state index contributed by atoms with van der Waals surface area (Å²) >= 11 is 0. The number of anilines is 1. The van der Waals surface area contributed by atoms with Crippen molar-refractivity contribution in [3.05, 3.63) is 23.9 Å².